The van der Waals surface area contributed by atoms with E-state index in [0.717, 1.165) is 17.8 Å². The first-order valence-electron chi connectivity index (χ1n) is 6.84. The van der Waals surface area contributed by atoms with Crippen molar-refractivity contribution in [3.05, 3.63) is 47.3 Å². The molecule has 1 aromatic carbocycles. The average Bonchev–Trinajstić information content (AvgIpc) is 2.41. The molecule has 2 aromatic rings. The average molecular weight is 267 g/mol. The molecule has 1 aliphatic rings. The molecule has 0 aliphatic heterocycles. The zero-order valence-electron chi connectivity index (χ0n) is 11.7. The summed E-state index contributed by atoms with van der Waals surface area (Å²) < 4.78 is 0. The molecule has 3 rings (SSSR count). The van der Waals surface area contributed by atoms with Gasteiger partial charge in [0.05, 0.1) is 11.3 Å². The van der Waals surface area contributed by atoms with E-state index >= 15 is 0 Å². The number of carbonyl (C=O) groups excluding carboxylic acids is 1. The lowest BCUT2D eigenvalue weighted by Gasteiger charge is -2.19. The van der Waals surface area contributed by atoms with Gasteiger partial charge in [0.1, 0.15) is 0 Å². The van der Waals surface area contributed by atoms with Crippen molar-refractivity contribution in [3.8, 4) is 0 Å². The van der Waals surface area contributed by atoms with Crippen LogP contribution in [0, 0.1) is 12.8 Å². The molecule has 0 saturated heterocycles. The van der Waals surface area contributed by atoms with Crippen molar-refractivity contribution in [2.45, 2.75) is 26.7 Å². The highest BCUT2D eigenvalue weighted by molar-refractivity contribution is 5.98. The zero-order chi connectivity index (χ0) is 14.1. The van der Waals surface area contributed by atoms with Crippen molar-refractivity contribution in [1.82, 2.24) is 9.97 Å². The molecule has 0 fully saturated rings. The third-order valence-electron chi connectivity index (χ3n) is 3.55. The first kappa shape index (κ1) is 12.8. The fraction of sp³-hybridized carbons (Fsp3) is 0.312. The van der Waals surface area contributed by atoms with Gasteiger partial charge in [0.2, 0.25) is 5.95 Å². The van der Waals surface area contributed by atoms with Crippen molar-refractivity contribution >= 4 is 17.4 Å². The second-order valence-corrected chi connectivity index (χ2v) is 5.48. The van der Waals surface area contributed by atoms with E-state index in [2.05, 4.69) is 22.2 Å². The Morgan fingerprint density at radius 2 is 1.95 bits per heavy atom. The first-order chi connectivity index (χ1) is 9.61. The largest absolute Gasteiger partial charge is 0.324 e. The number of anilines is 2. The Hall–Kier alpha value is -2.23. The number of aromatic nitrogens is 2. The lowest BCUT2D eigenvalue weighted by Crippen LogP contribution is -2.20. The molecule has 0 radical (unpaired) electrons. The van der Waals surface area contributed by atoms with E-state index in [1.54, 1.807) is 6.20 Å². The van der Waals surface area contributed by atoms with E-state index in [0.29, 0.717) is 23.9 Å². The van der Waals surface area contributed by atoms with Crippen LogP contribution in [0.4, 0.5) is 11.6 Å². The Labute approximate surface area is 118 Å². The van der Waals surface area contributed by atoms with Gasteiger partial charge < -0.3 is 5.32 Å². The smallest absolute Gasteiger partial charge is 0.227 e. The first-order valence-corrected chi connectivity index (χ1v) is 6.84. The lowest BCUT2D eigenvalue weighted by molar-refractivity contribution is 0.0951. The maximum Gasteiger partial charge on any atom is 0.227 e. The number of nitrogens with one attached hydrogen (secondary N) is 1. The minimum absolute atomic E-state index is 0.153. The number of hydrogen-bond donors (Lipinski definition) is 1. The summed E-state index contributed by atoms with van der Waals surface area (Å²) >= 11 is 0. The van der Waals surface area contributed by atoms with Crippen molar-refractivity contribution in [2.75, 3.05) is 5.32 Å². The Morgan fingerprint density at radius 1 is 1.20 bits per heavy atom. The molecule has 1 N–H and O–H groups in total. The predicted octanol–water partition coefficient (Wildman–Crippen LogP) is 3.29. The zero-order valence-corrected chi connectivity index (χ0v) is 11.7. The molecule has 0 bridgehead atoms. The van der Waals surface area contributed by atoms with Crippen molar-refractivity contribution in [2.24, 2.45) is 5.92 Å². The van der Waals surface area contributed by atoms with Crippen molar-refractivity contribution in [1.29, 1.82) is 0 Å². The van der Waals surface area contributed by atoms with Crippen LogP contribution < -0.4 is 5.32 Å². The molecule has 0 amide bonds. The van der Waals surface area contributed by atoms with Crippen molar-refractivity contribution in [3.63, 3.8) is 0 Å². The van der Waals surface area contributed by atoms with Crippen LogP contribution in [0.5, 0.6) is 0 Å². The molecule has 1 aliphatic carbocycles. The molecule has 1 heterocycles. The molecule has 20 heavy (non-hydrogen) atoms. The van der Waals surface area contributed by atoms with E-state index in [-0.39, 0.29) is 5.78 Å². The van der Waals surface area contributed by atoms with Gasteiger partial charge in [-0.1, -0.05) is 24.6 Å². The normalized spacial score (nSPS) is 17.7. The van der Waals surface area contributed by atoms with E-state index in [1.165, 1.54) is 5.56 Å². The SMILES string of the molecule is Cc1ccc(Nc2ncc3c(n2)C[C@@H](C)CC3=O)cc1. The van der Waals surface area contributed by atoms with E-state index in [4.69, 9.17) is 0 Å². The topological polar surface area (TPSA) is 54.9 Å². The molecule has 0 spiro atoms. The lowest BCUT2D eigenvalue weighted by atomic mass is 9.88. The molecule has 0 saturated carbocycles. The number of nitrogens with zero attached hydrogens (tertiary/aromatic N) is 2. The Balaban J connectivity index is 1.87. The number of hydrogen-bond acceptors (Lipinski definition) is 4. The highest BCUT2D eigenvalue weighted by atomic mass is 16.1. The van der Waals surface area contributed by atoms with Gasteiger partial charge in [0.25, 0.3) is 0 Å². The number of fused-ring (bicyclic) bond motifs is 1. The fourth-order valence-electron chi connectivity index (χ4n) is 2.46. The van der Waals surface area contributed by atoms with E-state index in [9.17, 15) is 4.79 Å². The Kier molecular flexibility index (Phi) is 3.22. The maximum atomic E-state index is 11.9. The summed E-state index contributed by atoms with van der Waals surface area (Å²) in [4.78, 5) is 20.6. The summed E-state index contributed by atoms with van der Waals surface area (Å²) in [6, 6.07) is 8.05. The number of rotatable bonds is 2. The van der Waals surface area contributed by atoms with Crippen LogP contribution in [0.2, 0.25) is 0 Å². The molecule has 4 nitrogen and oxygen atoms in total. The summed E-state index contributed by atoms with van der Waals surface area (Å²) in [5.74, 6) is 1.06. The van der Waals surface area contributed by atoms with Gasteiger partial charge in [0, 0.05) is 18.3 Å². The maximum absolute atomic E-state index is 11.9. The molecule has 1 aromatic heterocycles. The highest BCUT2D eigenvalue weighted by Crippen LogP contribution is 2.24. The molecule has 0 unspecified atom stereocenters. The summed E-state index contributed by atoms with van der Waals surface area (Å²) in [6.07, 6.45) is 3.08. The second-order valence-electron chi connectivity index (χ2n) is 5.48. The summed E-state index contributed by atoms with van der Waals surface area (Å²) in [5, 5.41) is 3.18. The standard InChI is InChI=1S/C16H17N3O/c1-10-3-5-12(6-4-10)18-16-17-9-13-14(19-16)7-11(2)8-15(13)20/h3-6,9,11H,7-8H2,1-2H3,(H,17,18,19)/t11-/m1/s1. The van der Waals surface area contributed by atoms with Crippen LogP contribution in [0.1, 0.15) is 35.0 Å². The van der Waals surface area contributed by atoms with Gasteiger partial charge in [-0.15, -0.1) is 0 Å². The van der Waals surface area contributed by atoms with Crippen LogP contribution in [-0.4, -0.2) is 15.8 Å². The number of Topliss-reactive ketones (excluding diaryl/α,β-unsaturated/α-hetero) is 1. The predicted molar refractivity (Wildman–Crippen MR) is 78.3 cm³/mol. The third kappa shape index (κ3) is 2.54. The van der Waals surface area contributed by atoms with Crippen LogP contribution in [0.15, 0.2) is 30.5 Å². The van der Waals surface area contributed by atoms with Crippen LogP contribution in [0.3, 0.4) is 0 Å². The van der Waals surface area contributed by atoms with Crippen molar-refractivity contribution < 1.29 is 4.79 Å². The minimum atomic E-state index is 0.153. The van der Waals surface area contributed by atoms with Gasteiger partial charge in [-0.3, -0.25) is 4.79 Å². The van der Waals surface area contributed by atoms with Crippen LogP contribution >= 0.6 is 0 Å². The summed E-state index contributed by atoms with van der Waals surface area (Å²) in [7, 11) is 0. The molecule has 102 valence electrons. The Bertz CT molecular complexity index is 649. The molecule has 4 heteroatoms. The third-order valence-corrected chi connectivity index (χ3v) is 3.55. The summed E-state index contributed by atoms with van der Waals surface area (Å²) in [5.41, 5.74) is 3.70. The van der Waals surface area contributed by atoms with E-state index < -0.39 is 0 Å². The monoisotopic (exact) mass is 267 g/mol. The van der Waals surface area contributed by atoms with Gasteiger partial charge in [-0.05, 0) is 31.4 Å². The second kappa shape index (κ2) is 5.04. The quantitative estimate of drug-likeness (QED) is 0.907. The number of benzene rings is 1. The number of aryl methyl sites for hydroxylation is 1. The molecule has 1 atom stereocenters. The van der Waals surface area contributed by atoms with Crippen LogP contribution in [-0.2, 0) is 6.42 Å². The van der Waals surface area contributed by atoms with E-state index in [1.807, 2.05) is 31.2 Å². The fourth-order valence-corrected chi connectivity index (χ4v) is 2.46. The Morgan fingerprint density at radius 3 is 2.70 bits per heavy atom. The van der Waals surface area contributed by atoms with Gasteiger partial charge in [-0.2, -0.15) is 0 Å². The minimum Gasteiger partial charge on any atom is -0.324 e. The van der Waals surface area contributed by atoms with Gasteiger partial charge >= 0.3 is 0 Å². The molecular formula is C16H17N3O. The summed E-state index contributed by atoms with van der Waals surface area (Å²) in [6.45, 7) is 4.13. The number of carbonyl (C=O) groups is 1. The van der Waals surface area contributed by atoms with Gasteiger partial charge in [-0.25, -0.2) is 9.97 Å². The number of ketones is 1. The highest BCUT2D eigenvalue weighted by Gasteiger charge is 2.24. The van der Waals surface area contributed by atoms with Gasteiger partial charge in [0.15, 0.2) is 5.78 Å². The van der Waals surface area contributed by atoms with Crippen LogP contribution in [0.25, 0.3) is 0 Å². The molecular weight excluding hydrogens is 250 g/mol.